The van der Waals surface area contributed by atoms with Gasteiger partial charge in [0.1, 0.15) is 6.04 Å². The summed E-state index contributed by atoms with van der Waals surface area (Å²) in [6.07, 6.45) is 1.71. The third-order valence-corrected chi connectivity index (χ3v) is 5.15. The topological polar surface area (TPSA) is 62.3 Å². The van der Waals surface area contributed by atoms with Gasteiger partial charge in [0, 0.05) is 13.2 Å². The van der Waals surface area contributed by atoms with Crippen molar-refractivity contribution in [1.82, 2.24) is 15.2 Å². The Hall–Kier alpha value is -2.99. The lowest BCUT2D eigenvalue weighted by molar-refractivity contribution is -0.133. The van der Waals surface area contributed by atoms with E-state index in [1.165, 1.54) is 11.3 Å². The quantitative estimate of drug-likeness (QED) is 0.713. The standard InChI is InChI=1S/C21H21N3O2S/c1-15(23-20(25)18-12-8-14-27-18)21(26)24(2)19(16-9-4-3-5-10-16)17-11-6-7-13-22-17/h3-15,19H,1-2H3,(H,23,25). The van der Waals surface area contributed by atoms with Crippen LogP contribution in [0.1, 0.15) is 33.9 Å². The van der Waals surface area contributed by atoms with Crippen LogP contribution < -0.4 is 5.32 Å². The molecule has 2 heterocycles. The number of hydrogen-bond acceptors (Lipinski definition) is 4. The van der Waals surface area contributed by atoms with Crippen molar-refractivity contribution in [2.45, 2.75) is 19.0 Å². The molecule has 0 aliphatic heterocycles. The first-order valence-electron chi connectivity index (χ1n) is 8.65. The highest BCUT2D eigenvalue weighted by atomic mass is 32.1. The van der Waals surface area contributed by atoms with Gasteiger partial charge >= 0.3 is 0 Å². The Morgan fingerprint density at radius 2 is 1.78 bits per heavy atom. The molecular formula is C21H21N3O2S. The van der Waals surface area contributed by atoms with E-state index in [-0.39, 0.29) is 17.9 Å². The largest absolute Gasteiger partial charge is 0.340 e. The molecule has 1 N–H and O–H groups in total. The first-order valence-corrected chi connectivity index (χ1v) is 9.53. The molecular weight excluding hydrogens is 358 g/mol. The monoisotopic (exact) mass is 379 g/mol. The van der Waals surface area contributed by atoms with Crippen molar-refractivity contribution in [3.8, 4) is 0 Å². The van der Waals surface area contributed by atoms with Crippen molar-refractivity contribution in [3.63, 3.8) is 0 Å². The molecule has 0 bridgehead atoms. The van der Waals surface area contributed by atoms with Gasteiger partial charge in [0.25, 0.3) is 5.91 Å². The summed E-state index contributed by atoms with van der Waals surface area (Å²) < 4.78 is 0. The van der Waals surface area contributed by atoms with E-state index in [0.717, 1.165) is 11.3 Å². The number of nitrogens with one attached hydrogen (secondary N) is 1. The lowest BCUT2D eigenvalue weighted by Gasteiger charge is -2.30. The number of thiophene rings is 1. The summed E-state index contributed by atoms with van der Waals surface area (Å²) >= 11 is 1.35. The number of rotatable bonds is 6. The van der Waals surface area contributed by atoms with Gasteiger partial charge in [0.15, 0.2) is 0 Å². The van der Waals surface area contributed by atoms with E-state index in [9.17, 15) is 9.59 Å². The SMILES string of the molecule is CC(NC(=O)c1cccs1)C(=O)N(C)C(c1ccccc1)c1ccccn1. The Morgan fingerprint density at radius 3 is 2.41 bits per heavy atom. The number of hydrogen-bond donors (Lipinski definition) is 1. The van der Waals surface area contributed by atoms with Crippen LogP contribution in [0.3, 0.4) is 0 Å². The number of aromatic nitrogens is 1. The number of pyridine rings is 1. The van der Waals surface area contributed by atoms with Gasteiger partial charge in [-0.05, 0) is 36.1 Å². The number of benzene rings is 1. The molecule has 2 atom stereocenters. The molecule has 2 unspecified atom stereocenters. The molecule has 2 aromatic heterocycles. The lowest BCUT2D eigenvalue weighted by Crippen LogP contribution is -2.46. The fourth-order valence-electron chi connectivity index (χ4n) is 2.94. The van der Waals surface area contributed by atoms with Crippen LogP contribution in [0.2, 0.25) is 0 Å². The highest BCUT2D eigenvalue weighted by Gasteiger charge is 2.28. The van der Waals surface area contributed by atoms with Crippen molar-refractivity contribution < 1.29 is 9.59 Å². The van der Waals surface area contributed by atoms with E-state index in [2.05, 4.69) is 10.3 Å². The number of nitrogens with zero attached hydrogens (tertiary/aromatic N) is 2. The van der Waals surface area contributed by atoms with Crippen LogP contribution in [0.5, 0.6) is 0 Å². The highest BCUT2D eigenvalue weighted by Crippen LogP contribution is 2.26. The summed E-state index contributed by atoms with van der Waals surface area (Å²) in [5.41, 5.74) is 1.74. The zero-order chi connectivity index (χ0) is 19.2. The molecule has 0 spiro atoms. The van der Waals surface area contributed by atoms with E-state index in [1.807, 2.05) is 60.0 Å². The van der Waals surface area contributed by atoms with Crippen LogP contribution in [0.15, 0.2) is 72.2 Å². The predicted octanol–water partition coefficient (Wildman–Crippen LogP) is 3.51. The van der Waals surface area contributed by atoms with E-state index < -0.39 is 6.04 Å². The highest BCUT2D eigenvalue weighted by molar-refractivity contribution is 7.12. The Balaban J connectivity index is 1.82. The van der Waals surface area contributed by atoms with Crippen molar-refractivity contribution in [3.05, 3.63) is 88.4 Å². The maximum absolute atomic E-state index is 13.0. The molecule has 1 aromatic carbocycles. The number of carbonyl (C=O) groups is 2. The summed E-state index contributed by atoms with van der Waals surface area (Å²) in [5.74, 6) is -0.423. The van der Waals surface area contributed by atoms with Crippen molar-refractivity contribution in [2.24, 2.45) is 0 Å². The second-order valence-electron chi connectivity index (χ2n) is 6.19. The Labute approximate surface area is 162 Å². The van der Waals surface area contributed by atoms with E-state index in [4.69, 9.17) is 0 Å². The molecule has 3 rings (SSSR count). The Morgan fingerprint density at radius 1 is 1.04 bits per heavy atom. The van der Waals surface area contributed by atoms with E-state index in [0.29, 0.717) is 4.88 Å². The van der Waals surface area contributed by atoms with Gasteiger partial charge in [-0.25, -0.2) is 0 Å². The minimum atomic E-state index is -0.653. The third kappa shape index (κ3) is 4.41. The van der Waals surface area contributed by atoms with Gasteiger partial charge in [0.2, 0.25) is 5.91 Å². The van der Waals surface area contributed by atoms with Crippen LogP contribution in [0.25, 0.3) is 0 Å². The first kappa shape index (κ1) is 18.8. The molecule has 138 valence electrons. The van der Waals surface area contributed by atoms with E-state index in [1.54, 1.807) is 31.1 Å². The molecule has 27 heavy (non-hydrogen) atoms. The fourth-order valence-corrected chi connectivity index (χ4v) is 3.56. The molecule has 0 radical (unpaired) electrons. The molecule has 3 aromatic rings. The van der Waals surface area contributed by atoms with E-state index >= 15 is 0 Å². The summed E-state index contributed by atoms with van der Waals surface area (Å²) in [7, 11) is 1.74. The van der Waals surface area contributed by atoms with Crippen LogP contribution >= 0.6 is 11.3 Å². The maximum atomic E-state index is 13.0. The van der Waals surface area contributed by atoms with Crippen molar-refractivity contribution in [1.29, 1.82) is 0 Å². The molecule has 6 heteroatoms. The van der Waals surface area contributed by atoms with Gasteiger partial charge in [-0.15, -0.1) is 11.3 Å². The summed E-state index contributed by atoms with van der Waals surface area (Å²) in [6, 6.07) is 18.0. The average molecular weight is 379 g/mol. The zero-order valence-electron chi connectivity index (χ0n) is 15.2. The second-order valence-corrected chi connectivity index (χ2v) is 7.14. The Bertz CT molecular complexity index is 843. The minimum Gasteiger partial charge on any atom is -0.340 e. The lowest BCUT2D eigenvalue weighted by atomic mass is 10.0. The number of carbonyl (C=O) groups excluding carboxylic acids is 2. The molecule has 0 saturated carbocycles. The molecule has 5 nitrogen and oxygen atoms in total. The van der Waals surface area contributed by atoms with Crippen LogP contribution in [-0.2, 0) is 4.79 Å². The van der Waals surface area contributed by atoms with Crippen LogP contribution in [0, 0.1) is 0 Å². The van der Waals surface area contributed by atoms with Crippen molar-refractivity contribution in [2.75, 3.05) is 7.05 Å². The smallest absolute Gasteiger partial charge is 0.261 e. The predicted molar refractivity (Wildman–Crippen MR) is 107 cm³/mol. The minimum absolute atomic E-state index is 0.181. The van der Waals surface area contributed by atoms with Gasteiger partial charge in [-0.3, -0.25) is 14.6 Å². The summed E-state index contributed by atoms with van der Waals surface area (Å²) in [5, 5.41) is 4.61. The van der Waals surface area contributed by atoms with Crippen LogP contribution in [-0.4, -0.2) is 34.8 Å². The first-order chi connectivity index (χ1) is 13.1. The molecule has 0 fully saturated rings. The van der Waals surface area contributed by atoms with Gasteiger partial charge in [0.05, 0.1) is 16.6 Å². The number of amides is 2. The van der Waals surface area contributed by atoms with Gasteiger partial charge in [-0.2, -0.15) is 0 Å². The fraction of sp³-hybridized carbons (Fsp3) is 0.190. The number of likely N-dealkylation sites (N-methyl/N-ethyl adjacent to an activating group) is 1. The third-order valence-electron chi connectivity index (χ3n) is 4.28. The summed E-state index contributed by atoms with van der Waals surface area (Å²) in [6.45, 7) is 1.70. The molecule has 0 aliphatic carbocycles. The van der Waals surface area contributed by atoms with Gasteiger partial charge < -0.3 is 10.2 Å². The van der Waals surface area contributed by atoms with Crippen LogP contribution in [0.4, 0.5) is 0 Å². The second kappa shape index (κ2) is 8.60. The summed E-state index contributed by atoms with van der Waals surface area (Å²) in [4.78, 5) is 32.0. The normalized spacial score (nSPS) is 12.8. The Kier molecular flexibility index (Phi) is 5.98. The average Bonchev–Trinajstić information content (AvgIpc) is 3.24. The maximum Gasteiger partial charge on any atom is 0.261 e. The zero-order valence-corrected chi connectivity index (χ0v) is 16.0. The molecule has 0 aliphatic rings. The molecule has 2 amide bonds. The van der Waals surface area contributed by atoms with Crippen molar-refractivity contribution >= 4 is 23.2 Å². The van der Waals surface area contributed by atoms with Gasteiger partial charge in [-0.1, -0.05) is 42.5 Å². The molecule has 0 saturated heterocycles.